The maximum Gasteiger partial charge on any atom is 0.387 e. The van der Waals surface area contributed by atoms with Crippen molar-refractivity contribution in [2.24, 2.45) is 0 Å². The number of alkyl halides is 2. The van der Waals surface area contributed by atoms with E-state index in [2.05, 4.69) is 15.0 Å². The molecule has 3 rings (SSSR count). The monoisotopic (exact) mass is 428 g/mol. The first kappa shape index (κ1) is 22.0. The molecule has 3 aromatic rings. The van der Waals surface area contributed by atoms with Gasteiger partial charge in [-0.1, -0.05) is 24.3 Å². The zero-order chi connectivity index (χ0) is 22.1. The first-order valence-corrected chi connectivity index (χ1v) is 9.59. The van der Waals surface area contributed by atoms with Gasteiger partial charge >= 0.3 is 6.61 Å². The molecule has 0 aliphatic heterocycles. The zero-order valence-electron chi connectivity index (χ0n) is 16.9. The van der Waals surface area contributed by atoms with E-state index >= 15 is 0 Å². The summed E-state index contributed by atoms with van der Waals surface area (Å²) in [6.45, 7) is -2.51. The minimum absolute atomic E-state index is 0.0922. The second-order valence-corrected chi connectivity index (χ2v) is 6.58. The van der Waals surface area contributed by atoms with Crippen molar-refractivity contribution in [1.29, 1.82) is 0 Å². The number of amides is 1. The number of carbonyl (C=O) groups is 1. The summed E-state index contributed by atoms with van der Waals surface area (Å²) >= 11 is 0. The number of carbonyl (C=O) groups excluding carboxylic acids is 1. The van der Waals surface area contributed by atoms with E-state index in [4.69, 9.17) is 9.47 Å². The Morgan fingerprint density at radius 3 is 2.42 bits per heavy atom. The summed E-state index contributed by atoms with van der Waals surface area (Å²) in [5.41, 5.74) is 1.69. The predicted molar refractivity (Wildman–Crippen MR) is 111 cm³/mol. The van der Waals surface area contributed by atoms with Crippen LogP contribution in [-0.2, 0) is 17.8 Å². The summed E-state index contributed by atoms with van der Waals surface area (Å²) in [5, 5.41) is 2.83. The molecular weight excluding hydrogens is 406 g/mol. The van der Waals surface area contributed by atoms with Crippen LogP contribution < -0.4 is 19.5 Å². The predicted octanol–water partition coefficient (Wildman–Crippen LogP) is 4.73. The molecule has 0 bridgehead atoms. The summed E-state index contributed by atoms with van der Waals surface area (Å²) in [5.74, 6) is 1.71. The quantitative estimate of drug-likeness (QED) is 0.506. The van der Waals surface area contributed by atoms with E-state index in [1.807, 2.05) is 18.2 Å². The van der Waals surface area contributed by atoms with Crippen LogP contribution in [-0.4, -0.2) is 24.6 Å². The summed E-state index contributed by atoms with van der Waals surface area (Å²) in [6.07, 6.45) is 2.41. The van der Waals surface area contributed by atoms with Crippen LogP contribution in [0.5, 0.6) is 23.1 Å². The number of nitrogens with one attached hydrogen (secondary N) is 1. The van der Waals surface area contributed by atoms with Crippen LogP contribution in [0.15, 0.2) is 66.9 Å². The summed E-state index contributed by atoms with van der Waals surface area (Å²) in [4.78, 5) is 16.3. The van der Waals surface area contributed by atoms with Gasteiger partial charge in [-0.2, -0.15) is 8.78 Å². The van der Waals surface area contributed by atoms with Crippen molar-refractivity contribution in [2.75, 3.05) is 7.11 Å². The average molecular weight is 428 g/mol. The fourth-order valence-electron chi connectivity index (χ4n) is 2.75. The Morgan fingerprint density at radius 2 is 1.74 bits per heavy atom. The maximum atomic E-state index is 12.2. The Bertz CT molecular complexity index is 980. The van der Waals surface area contributed by atoms with Gasteiger partial charge < -0.3 is 19.5 Å². The topological polar surface area (TPSA) is 69.7 Å². The lowest BCUT2D eigenvalue weighted by atomic mass is 10.1. The summed E-state index contributed by atoms with van der Waals surface area (Å²) < 4.78 is 39.5. The third-order valence-electron chi connectivity index (χ3n) is 4.34. The molecule has 2 aromatic carbocycles. The lowest BCUT2D eigenvalue weighted by Gasteiger charge is -2.08. The van der Waals surface area contributed by atoms with E-state index < -0.39 is 6.61 Å². The molecule has 8 heteroatoms. The third-order valence-corrected chi connectivity index (χ3v) is 4.34. The second-order valence-electron chi connectivity index (χ2n) is 6.58. The molecule has 0 fully saturated rings. The number of rotatable bonds is 10. The lowest BCUT2D eigenvalue weighted by Crippen LogP contribution is -2.23. The molecule has 6 nitrogen and oxygen atoms in total. The molecule has 0 saturated heterocycles. The Kier molecular flexibility index (Phi) is 7.75. The zero-order valence-corrected chi connectivity index (χ0v) is 16.9. The Balaban J connectivity index is 1.42. The number of hydrogen-bond acceptors (Lipinski definition) is 5. The highest BCUT2D eigenvalue weighted by atomic mass is 19.3. The molecule has 1 N–H and O–H groups in total. The Hall–Kier alpha value is -3.68. The van der Waals surface area contributed by atoms with Crippen molar-refractivity contribution < 1.29 is 27.8 Å². The Labute approximate surface area is 178 Å². The van der Waals surface area contributed by atoms with Gasteiger partial charge in [0.25, 0.3) is 0 Å². The molecule has 0 unspecified atom stereocenters. The standard InChI is InChI=1S/C23H22F2N2O4/c1-29-19-3-2-4-20(13-19)30-22-12-8-17(15-27-22)14-26-21(28)11-7-16-5-9-18(10-6-16)31-23(24)25/h2-6,8-10,12-13,15,23H,7,11,14H2,1H3,(H,26,28). The van der Waals surface area contributed by atoms with Gasteiger partial charge in [-0.25, -0.2) is 4.98 Å². The van der Waals surface area contributed by atoms with Gasteiger partial charge in [0.15, 0.2) is 0 Å². The van der Waals surface area contributed by atoms with Crippen molar-refractivity contribution in [3.05, 3.63) is 78.0 Å². The molecule has 1 aromatic heterocycles. The van der Waals surface area contributed by atoms with E-state index in [0.717, 1.165) is 11.1 Å². The van der Waals surface area contributed by atoms with Crippen molar-refractivity contribution >= 4 is 5.91 Å². The number of halogens is 2. The van der Waals surface area contributed by atoms with E-state index in [1.165, 1.54) is 12.1 Å². The molecule has 162 valence electrons. The molecule has 0 atom stereocenters. The van der Waals surface area contributed by atoms with Gasteiger partial charge in [0, 0.05) is 31.3 Å². The van der Waals surface area contributed by atoms with E-state index in [1.54, 1.807) is 43.6 Å². The number of pyridine rings is 1. The van der Waals surface area contributed by atoms with Crippen molar-refractivity contribution in [2.45, 2.75) is 26.0 Å². The van der Waals surface area contributed by atoms with Crippen LogP contribution in [0.1, 0.15) is 17.5 Å². The number of ether oxygens (including phenoxy) is 3. The fourth-order valence-corrected chi connectivity index (χ4v) is 2.75. The first-order valence-electron chi connectivity index (χ1n) is 9.59. The van der Waals surface area contributed by atoms with Gasteiger partial charge in [-0.15, -0.1) is 0 Å². The molecule has 31 heavy (non-hydrogen) atoms. The highest BCUT2D eigenvalue weighted by Crippen LogP contribution is 2.23. The Morgan fingerprint density at radius 1 is 1.00 bits per heavy atom. The highest BCUT2D eigenvalue weighted by molar-refractivity contribution is 5.76. The molecule has 0 radical (unpaired) electrons. The minimum Gasteiger partial charge on any atom is -0.497 e. The smallest absolute Gasteiger partial charge is 0.387 e. The van der Waals surface area contributed by atoms with Gasteiger partial charge in [-0.3, -0.25) is 4.79 Å². The van der Waals surface area contributed by atoms with Crippen molar-refractivity contribution in [3.8, 4) is 23.1 Å². The first-order chi connectivity index (χ1) is 15.0. The number of benzene rings is 2. The third kappa shape index (κ3) is 7.26. The SMILES string of the molecule is COc1cccc(Oc2ccc(CNC(=O)CCc3ccc(OC(F)F)cc3)cn2)c1. The molecule has 1 heterocycles. The minimum atomic E-state index is -2.85. The number of aromatic nitrogens is 1. The van der Waals surface area contributed by atoms with Crippen LogP contribution in [0.2, 0.25) is 0 Å². The lowest BCUT2D eigenvalue weighted by molar-refractivity contribution is -0.121. The number of nitrogens with zero attached hydrogens (tertiary/aromatic N) is 1. The van der Waals surface area contributed by atoms with Crippen molar-refractivity contribution in [3.63, 3.8) is 0 Å². The molecule has 1 amide bonds. The summed E-state index contributed by atoms with van der Waals surface area (Å²) in [7, 11) is 1.59. The number of hydrogen-bond donors (Lipinski definition) is 1. The average Bonchev–Trinajstić information content (AvgIpc) is 2.78. The normalized spacial score (nSPS) is 10.6. The molecule has 0 spiro atoms. The van der Waals surface area contributed by atoms with E-state index in [0.29, 0.717) is 30.3 Å². The van der Waals surface area contributed by atoms with Gasteiger partial charge in [0.2, 0.25) is 11.8 Å². The van der Waals surface area contributed by atoms with Crippen LogP contribution in [0.3, 0.4) is 0 Å². The molecular formula is C23H22F2N2O4. The van der Waals surface area contributed by atoms with E-state index in [9.17, 15) is 13.6 Å². The summed E-state index contributed by atoms with van der Waals surface area (Å²) in [6, 6.07) is 17.0. The number of methoxy groups -OCH3 is 1. The highest BCUT2D eigenvalue weighted by Gasteiger charge is 2.06. The van der Waals surface area contributed by atoms with Gasteiger partial charge in [-0.05, 0) is 41.8 Å². The fraction of sp³-hybridized carbons (Fsp3) is 0.217. The maximum absolute atomic E-state index is 12.2. The van der Waals surface area contributed by atoms with Crippen molar-refractivity contribution in [1.82, 2.24) is 10.3 Å². The van der Waals surface area contributed by atoms with E-state index in [-0.39, 0.29) is 18.1 Å². The second kappa shape index (κ2) is 10.9. The number of aryl methyl sites for hydroxylation is 1. The molecule has 0 aliphatic carbocycles. The van der Waals surface area contributed by atoms with Crippen LogP contribution >= 0.6 is 0 Å². The van der Waals surface area contributed by atoms with Gasteiger partial charge in [0.05, 0.1) is 7.11 Å². The largest absolute Gasteiger partial charge is 0.497 e. The van der Waals surface area contributed by atoms with Crippen LogP contribution in [0.4, 0.5) is 8.78 Å². The van der Waals surface area contributed by atoms with Crippen LogP contribution in [0, 0.1) is 0 Å². The van der Waals surface area contributed by atoms with Crippen LogP contribution in [0.25, 0.3) is 0 Å². The molecule has 0 aliphatic rings. The molecule has 0 saturated carbocycles. The van der Waals surface area contributed by atoms with Gasteiger partial charge in [0.1, 0.15) is 17.2 Å².